The SMILES string of the molecule is CC[C@H](C)NC(=O)[C@H](CC)N(Cc1cccc(OC)c1)C(=O)CN(c1ccc(C(C)C)cc1)S(C)(=O)=O. The summed E-state index contributed by atoms with van der Waals surface area (Å²) in [4.78, 5) is 28.4. The number of anilines is 1. The van der Waals surface area contributed by atoms with Crippen molar-refractivity contribution in [1.82, 2.24) is 10.2 Å². The summed E-state index contributed by atoms with van der Waals surface area (Å²) in [6.45, 7) is 9.54. The van der Waals surface area contributed by atoms with Gasteiger partial charge in [-0.3, -0.25) is 13.9 Å². The average Bonchev–Trinajstić information content (AvgIpc) is 2.86. The molecule has 2 atom stereocenters. The summed E-state index contributed by atoms with van der Waals surface area (Å²) < 4.78 is 32.0. The number of nitrogens with zero attached hydrogens (tertiary/aromatic N) is 2. The van der Waals surface area contributed by atoms with E-state index in [4.69, 9.17) is 4.74 Å². The zero-order valence-corrected chi connectivity index (χ0v) is 23.8. The fourth-order valence-electron chi connectivity index (χ4n) is 3.97. The first-order valence-electron chi connectivity index (χ1n) is 12.7. The van der Waals surface area contributed by atoms with Crippen LogP contribution in [0.5, 0.6) is 5.75 Å². The van der Waals surface area contributed by atoms with E-state index in [0.717, 1.165) is 28.1 Å². The van der Waals surface area contributed by atoms with Crippen molar-refractivity contribution in [2.24, 2.45) is 0 Å². The topological polar surface area (TPSA) is 96.0 Å². The summed E-state index contributed by atoms with van der Waals surface area (Å²) in [5.74, 6) is 0.188. The van der Waals surface area contributed by atoms with Gasteiger partial charge in [-0.1, -0.05) is 52.0 Å². The molecule has 2 aromatic rings. The van der Waals surface area contributed by atoms with E-state index in [1.165, 1.54) is 4.90 Å². The first kappa shape index (κ1) is 30.2. The van der Waals surface area contributed by atoms with Crippen molar-refractivity contribution in [3.63, 3.8) is 0 Å². The van der Waals surface area contributed by atoms with Crippen LogP contribution < -0.4 is 14.4 Å². The van der Waals surface area contributed by atoms with E-state index in [9.17, 15) is 18.0 Å². The molecule has 0 heterocycles. The number of rotatable bonds is 13. The lowest BCUT2D eigenvalue weighted by Gasteiger charge is -2.33. The number of sulfonamides is 1. The van der Waals surface area contributed by atoms with Crippen LogP contribution in [0.4, 0.5) is 5.69 Å². The van der Waals surface area contributed by atoms with Gasteiger partial charge in [-0.25, -0.2) is 8.42 Å². The van der Waals surface area contributed by atoms with E-state index in [-0.39, 0.29) is 24.4 Å². The van der Waals surface area contributed by atoms with Crippen LogP contribution in [-0.2, 0) is 26.2 Å². The molecule has 204 valence electrons. The van der Waals surface area contributed by atoms with Crippen molar-refractivity contribution >= 4 is 27.5 Å². The molecule has 0 saturated heterocycles. The molecule has 0 fully saturated rings. The molecule has 8 nitrogen and oxygen atoms in total. The third kappa shape index (κ3) is 8.49. The largest absolute Gasteiger partial charge is 0.497 e. The van der Waals surface area contributed by atoms with Crippen molar-refractivity contribution in [3.05, 3.63) is 59.7 Å². The molecule has 0 aromatic heterocycles. The number of nitrogens with one attached hydrogen (secondary N) is 1. The second-order valence-corrected chi connectivity index (χ2v) is 11.5. The number of hydrogen-bond donors (Lipinski definition) is 1. The van der Waals surface area contributed by atoms with Gasteiger partial charge in [0.15, 0.2) is 0 Å². The van der Waals surface area contributed by atoms with Gasteiger partial charge in [0, 0.05) is 12.6 Å². The Morgan fingerprint density at radius 2 is 1.65 bits per heavy atom. The predicted octanol–water partition coefficient (Wildman–Crippen LogP) is 4.31. The summed E-state index contributed by atoms with van der Waals surface area (Å²) in [6.07, 6.45) is 2.20. The van der Waals surface area contributed by atoms with E-state index in [1.807, 2.05) is 45.0 Å². The first-order valence-corrected chi connectivity index (χ1v) is 14.6. The first-order chi connectivity index (χ1) is 17.4. The highest BCUT2D eigenvalue weighted by Gasteiger charge is 2.32. The Morgan fingerprint density at radius 1 is 1.00 bits per heavy atom. The van der Waals surface area contributed by atoms with Crippen molar-refractivity contribution in [2.75, 3.05) is 24.2 Å². The number of ether oxygens (including phenoxy) is 1. The lowest BCUT2D eigenvalue weighted by atomic mass is 10.0. The minimum absolute atomic E-state index is 0.0534. The van der Waals surface area contributed by atoms with Crippen LogP contribution in [-0.4, -0.2) is 57.1 Å². The minimum atomic E-state index is -3.77. The van der Waals surface area contributed by atoms with Crippen molar-refractivity contribution < 1.29 is 22.7 Å². The molecule has 0 aliphatic heterocycles. The van der Waals surface area contributed by atoms with E-state index >= 15 is 0 Å². The van der Waals surface area contributed by atoms with Gasteiger partial charge in [0.05, 0.1) is 19.1 Å². The van der Waals surface area contributed by atoms with Crippen LogP contribution >= 0.6 is 0 Å². The van der Waals surface area contributed by atoms with Gasteiger partial charge in [0.2, 0.25) is 21.8 Å². The standard InChI is InChI=1S/C28H41N3O5S/c1-8-21(5)29-28(33)26(9-2)30(18-22-11-10-12-25(17-22)36-6)27(32)19-31(37(7,34)35)24-15-13-23(14-16-24)20(3)4/h10-17,20-21,26H,8-9,18-19H2,1-7H3,(H,29,33)/t21-,26-/m0/s1. The third-order valence-corrected chi connectivity index (χ3v) is 7.54. The maximum atomic E-state index is 13.8. The molecule has 1 N–H and O–H groups in total. The lowest BCUT2D eigenvalue weighted by Crippen LogP contribution is -2.53. The van der Waals surface area contributed by atoms with E-state index in [2.05, 4.69) is 19.2 Å². The van der Waals surface area contributed by atoms with Gasteiger partial charge < -0.3 is 15.0 Å². The predicted molar refractivity (Wildman–Crippen MR) is 148 cm³/mol. The number of benzene rings is 2. The zero-order valence-electron chi connectivity index (χ0n) is 23.0. The Bertz CT molecular complexity index is 1150. The van der Waals surface area contributed by atoms with Crippen LogP contribution in [0.1, 0.15) is 64.5 Å². The Kier molecular flexibility index (Phi) is 11.0. The maximum Gasteiger partial charge on any atom is 0.244 e. The molecule has 2 rings (SSSR count). The fourth-order valence-corrected chi connectivity index (χ4v) is 4.82. The van der Waals surface area contributed by atoms with Crippen LogP contribution in [0.2, 0.25) is 0 Å². The van der Waals surface area contributed by atoms with Gasteiger partial charge in [-0.15, -0.1) is 0 Å². The van der Waals surface area contributed by atoms with Crippen molar-refractivity contribution in [3.8, 4) is 5.75 Å². The van der Waals surface area contributed by atoms with Crippen molar-refractivity contribution in [1.29, 1.82) is 0 Å². The third-order valence-electron chi connectivity index (χ3n) is 6.40. The summed E-state index contributed by atoms with van der Waals surface area (Å²) in [7, 11) is -2.21. The molecule has 9 heteroatoms. The van der Waals surface area contributed by atoms with Crippen LogP contribution in [0.3, 0.4) is 0 Å². The average molecular weight is 532 g/mol. The normalized spacial score (nSPS) is 13.1. The summed E-state index contributed by atoms with van der Waals surface area (Å²) in [5, 5.41) is 2.97. The molecular weight excluding hydrogens is 490 g/mol. The summed E-state index contributed by atoms with van der Waals surface area (Å²) in [5.41, 5.74) is 2.24. The quantitative estimate of drug-likeness (QED) is 0.416. The molecule has 37 heavy (non-hydrogen) atoms. The maximum absolute atomic E-state index is 13.8. The number of hydrogen-bond acceptors (Lipinski definition) is 5. The van der Waals surface area contributed by atoms with Crippen LogP contribution in [0, 0.1) is 0 Å². The molecule has 0 radical (unpaired) electrons. The Labute approximate surface area is 222 Å². The molecule has 2 aromatic carbocycles. The van der Waals surface area contributed by atoms with E-state index in [1.54, 1.807) is 31.4 Å². The molecule has 2 amide bonds. The van der Waals surface area contributed by atoms with Gasteiger partial charge in [0.25, 0.3) is 0 Å². The molecule has 0 aliphatic carbocycles. The van der Waals surface area contributed by atoms with Crippen LogP contribution in [0.25, 0.3) is 0 Å². The number of amides is 2. The Hall–Kier alpha value is -3.07. The van der Waals surface area contributed by atoms with Crippen LogP contribution in [0.15, 0.2) is 48.5 Å². The minimum Gasteiger partial charge on any atom is -0.497 e. The van der Waals surface area contributed by atoms with Gasteiger partial charge in [-0.05, 0) is 61.1 Å². The molecule has 0 aliphatic rings. The van der Waals surface area contributed by atoms with Gasteiger partial charge >= 0.3 is 0 Å². The number of carbonyl (C=O) groups excluding carboxylic acids is 2. The monoisotopic (exact) mass is 531 g/mol. The van der Waals surface area contributed by atoms with Crippen molar-refractivity contribution in [2.45, 2.75) is 72.0 Å². The lowest BCUT2D eigenvalue weighted by molar-refractivity contribution is -0.140. The van der Waals surface area contributed by atoms with Gasteiger partial charge in [0.1, 0.15) is 18.3 Å². The summed E-state index contributed by atoms with van der Waals surface area (Å²) >= 11 is 0. The smallest absolute Gasteiger partial charge is 0.244 e. The van der Waals surface area contributed by atoms with E-state index < -0.39 is 28.5 Å². The number of methoxy groups -OCH3 is 1. The molecule has 0 unspecified atom stereocenters. The van der Waals surface area contributed by atoms with Gasteiger partial charge in [-0.2, -0.15) is 0 Å². The second kappa shape index (κ2) is 13.5. The zero-order chi connectivity index (χ0) is 27.8. The van der Waals surface area contributed by atoms with E-state index in [0.29, 0.717) is 17.9 Å². The highest BCUT2D eigenvalue weighted by Crippen LogP contribution is 2.23. The summed E-state index contributed by atoms with van der Waals surface area (Å²) in [6, 6.07) is 13.6. The highest BCUT2D eigenvalue weighted by molar-refractivity contribution is 7.92. The molecular formula is C28H41N3O5S. The molecule has 0 spiro atoms. The molecule has 0 bridgehead atoms. The number of carbonyl (C=O) groups is 2. The fraction of sp³-hybridized carbons (Fsp3) is 0.500. The second-order valence-electron chi connectivity index (χ2n) is 9.63. The highest BCUT2D eigenvalue weighted by atomic mass is 32.2. The molecule has 0 saturated carbocycles. The Balaban J connectivity index is 2.45. The Morgan fingerprint density at radius 3 is 2.16 bits per heavy atom.